The molecule has 2 N–H and O–H groups in total. The van der Waals surface area contributed by atoms with Crippen molar-refractivity contribution < 1.29 is 13.9 Å². The Morgan fingerprint density at radius 1 is 1.13 bits per heavy atom. The Labute approximate surface area is 182 Å². The lowest BCUT2D eigenvalue weighted by Gasteiger charge is -2.23. The Balaban J connectivity index is 1.69. The van der Waals surface area contributed by atoms with Gasteiger partial charge in [-0.25, -0.2) is 4.99 Å². The molecule has 1 amide bonds. The molecule has 2 aromatic carbocycles. The number of carbonyl (C=O) groups is 1. The van der Waals surface area contributed by atoms with Crippen LogP contribution in [0.15, 0.2) is 76.3 Å². The van der Waals surface area contributed by atoms with Crippen LogP contribution < -0.4 is 15.4 Å². The monoisotopic (exact) mass is 420 g/mol. The summed E-state index contributed by atoms with van der Waals surface area (Å²) in [6.45, 7) is 3.93. The number of methoxy groups -OCH3 is 1. The average Bonchev–Trinajstić information content (AvgIpc) is 3.32. The fourth-order valence-electron chi connectivity index (χ4n) is 3.15. The molecular weight excluding hydrogens is 392 g/mol. The smallest absolute Gasteiger partial charge is 0.291 e. The number of aliphatic imine (C=N–C) groups is 1. The zero-order chi connectivity index (χ0) is 22.1. The number of benzene rings is 2. The van der Waals surface area contributed by atoms with Gasteiger partial charge in [-0.05, 0) is 42.8 Å². The first-order valence-electron chi connectivity index (χ1n) is 10.2. The number of guanidine groups is 1. The molecule has 0 saturated heterocycles. The molecule has 0 aliphatic rings. The van der Waals surface area contributed by atoms with Crippen molar-refractivity contribution in [3.05, 3.63) is 83.8 Å². The van der Waals surface area contributed by atoms with E-state index in [2.05, 4.69) is 15.5 Å². The Bertz CT molecular complexity index is 1020. The third kappa shape index (κ3) is 6.12. The average molecular weight is 421 g/mol. The highest BCUT2D eigenvalue weighted by atomic mass is 16.5. The van der Waals surface area contributed by atoms with Gasteiger partial charge >= 0.3 is 0 Å². The molecule has 0 unspecified atom stereocenters. The molecule has 31 heavy (non-hydrogen) atoms. The van der Waals surface area contributed by atoms with Crippen LogP contribution in [0.1, 0.15) is 28.6 Å². The highest BCUT2D eigenvalue weighted by Gasteiger charge is 2.11. The molecule has 0 atom stereocenters. The number of nitrogens with one attached hydrogen (secondary N) is 2. The molecular formula is C24H28N4O3. The van der Waals surface area contributed by atoms with E-state index in [0.29, 0.717) is 18.8 Å². The molecule has 0 saturated carbocycles. The van der Waals surface area contributed by atoms with E-state index in [4.69, 9.17) is 14.1 Å². The molecule has 0 aliphatic heterocycles. The normalized spacial score (nSPS) is 11.1. The molecule has 0 fully saturated rings. The van der Waals surface area contributed by atoms with E-state index in [9.17, 15) is 4.79 Å². The topological polar surface area (TPSA) is 79.1 Å². The van der Waals surface area contributed by atoms with Crippen molar-refractivity contribution in [2.24, 2.45) is 4.99 Å². The van der Waals surface area contributed by atoms with Gasteiger partial charge < -0.3 is 24.7 Å². The maximum atomic E-state index is 12.2. The number of hydrogen-bond donors (Lipinski definition) is 2. The van der Waals surface area contributed by atoms with E-state index in [-0.39, 0.29) is 11.7 Å². The number of furan rings is 1. The van der Waals surface area contributed by atoms with E-state index in [1.165, 1.54) is 6.26 Å². The maximum Gasteiger partial charge on any atom is 0.291 e. The quantitative estimate of drug-likeness (QED) is 0.423. The second kappa shape index (κ2) is 10.9. The first-order valence-corrected chi connectivity index (χ1v) is 10.2. The minimum absolute atomic E-state index is 0.274. The van der Waals surface area contributed by atoms with Crippen LogP contribution in [0.4, 0.5) is 5.69 Å². The van der Waals surface area contributed by atoms with Crippen molar-refractivity contribution in [1.82, 2.24) is 10.2 Å². The van der Waals surface area contributed by atoms with Crippen molar-refractivity contribution in [2.75, 3.05) is 26.0 Å². The molecule has 162 valence electrons. The first kappa shape index (κ1) is 22.0. The number of nitrogens with zero attached hydrogens (tertiary/aromatic N) is 2. The summed E-state index contributed by atoms with van der Waals surface area (Å²) < 4.78 is 10.6. The minimum atomic E-state index is -0.282. The lowest BCUT2D eigenvalue weighted by molar-refractivity contribution is 0.0996. The Kier molecular flexibility index (Phi) is 7.70. The lowest BCUT2D eigenvalue weighted by atomic mass is 10.2. The number of rotatable bonds is 8. The highest BCUT2D eigenvalue weighted by Crippen LogP contribution is 2.19. The van der Waals surface area contributed by atoms with Gasteiger partial charge in [0, 0.05) is 31.4 Å². The fourth-order valence-corrected chi connectivity index (χ4v) is 3.15. The van der Waals surface area contributed by atoms with E-state index in [0.717, 1.165) is 29.4 Å². The summed E-state index contributed by atoms with van der Waals surface area (Å²) in [6, 6.07) is 18.9. The van der Waals surface area contributed by atoms with Gasteiger partial charge in [-0.1, -0.05) is 30.3 Å². The first-order chi connectivity index (χ1) is 15.1. The van der Waals surface area contributed by atoms with Gasteiger partial charge in [0.1, 0.15) is 5.75 Å². The van der Waals surface area contributed by atoms with Crippen molar-refractivity contribution in [3.63, 3.8) is 0 Å². The van der Waals surface area contributed by atoms with Gasteiger partial charge in [-0.15, -0.1) is 0 Å². The lowest BCUT2D eigenvalue weighted by Crippen LogP contribution is -2.38. The van der Waals surface area contributed by atoms with Crippen LogP contribution in [0.5, 0.6) is 5.75 Å². The molecule has 3 aromatic rings. The third-order valence-corrected chi connectivity index (χ3v) is 4.64. The van der Waals surface area contributed by atoms with Gasteiger partial charge in [0.25, 0.3) is 5.91 Å². The standard InChI is InChI=1S/C24H28N4O3/c1-4-25-24(28(2)17-19-10-5-6-12-21(19)30-3)26-16-18-9-7-11-20(15-18)27-23(29)22-13-8-14-31-22/h5-15H,4,16-17H2,1-3H3,(H,25,26)(H,27,29). The van der Waals surface area contributed by atoms with Gasteiger partial charge in [0.15, 0.2) is 11.7 Å². The molecule has 7 nitrogen and oxygen atoms in total. The zero-order valence-corrected chi connectivity index (χ0v) is 18.1. The fraction of sp³-hybridized carbons (Fsp3) is 0.250. The highest BCUT2D eigenvalue weighted by molar-refractivity contribution is 6.02. The second-order valence-electron chi connectivity index (χ2n) is 6.97. The summed E-state index contributed by atoms with van der Waals surface area (Å²) in [4.78, 5) is 19.0. The van der Waals surface area contributed by atoms with Crippen LogP contribution >= 0.6 is 0 Å². The summed E-state index contributed by atoms with van der Waals surface area (Å²) >= 11 is 0. The van der Waals surface area contributed by atoms with Crippen LogP contribution in [-0.4, -0.2) is 37.5 Å². The van der Waals surface area contributed by atoms with E-state index in [1.807, 2.05) is 62.5 Å². The molecule has 0 radical (unpaired) electrons. The summed E-state index contributed by atoms with van der Waals surface area (Å²) in [6.07, 6.45) is 1.48. The minimum Gasteiger partial charge on any atom is -0.496 e. The van der Waals surface area contributed by atoms with Crippen LogP contribution in [0, 0.1) is 0 Å². The molecule has 0 aliphatic carbocycles. The van der Waals surface area contributed by atoms with Crippen LogP contribution in [-0.2, 0) is 13.1 Å². The van der Waals surface area contributed by atoms with Gasteiger partial charge in [-0.3, -0.25) is 4.79 Å². The summed E-state index contributed by atoms with van der Waals surface area (Å²) in [5, 5.41) is 6.17. The number of para-hydroxylation sites is 1. The second-order valence-corrected chi connectivity index (χ2v) is 6.97. The Hall–Kier alpha value is -3.74. The number of amides is 1. The SMILES string of the molecule is CCNC(=NCc1cccc(NC(=O)c2ccco2)c1)N(C)Cc1ccccc1OC. The Morgan fingerprint density at radius 3 is 2.71 bits per heavy atom. The third-order valence-electron chi connectivity index (χ3n) is 4.64. The summed E-state index contributed by atoms with van der Waals surface area (Å²) in [7, 11) is 3.67. The van der Waals surface area contributed by atoms with Gasteiger partial charge in [-0.2, -0.15) is 0 Å². The van der Waals surface area contributed by atoms with Crippen LogP contribution in [0.25, 0.3) is 0 Å². The predicted octanol–water partition coefficient (Wildman–Crippen LogP) is 4.14. The maximum absolute atomic E-state index is 12.2. The Morgan fingerprint density at radius 2 is 1.97 bits per heavy atom. The van der Waals surface area contributed by atoms with Crippen LogP contribution in [0.3, 0.4) is 0 Å². The van der Waals surface area contributed by atoms with Crippen molar-refractivity contribution in [3.8, 4) is 5.75 Å². The van der Waals surface area contributed by atoms with E-state index >= 15 is 0 Å². The molecule has 0 bridgehead atoms. The molecule has 1 heterocycles. The molecule has 0 spiro atoms. The van der Waals surface area contributed by atoms with Crippen LogP contribution in [0.2, 0.25) is 0 Å². The number of anilines is 1. The van der Waals surface area contributed by atoms with Gasteiger partial charge in [0.05, 0.1) is 19.9 Å². The van der Waals surface area contributed by atoms with Gasteiger partial charge in [0.2, 0.25) is 0 Å². The summed E-state index contributed by atoms with van der Waals surface area (Å²) in [5.41, 5.74) is 2.76. The zero-order valence-electron chi connectivity index (χ0n) is 18.1. The molecule has 3 rings (SSSR count). The number of hydrogen-bond acceptors (Lipinski definition) is 4. The summed E-state index contributed by atoms with van der Waals surface area (Å²) in [5.74, 6) is 1.63. The number of carbonyl (C=O) groups excluding carboxylic acids is 1. The van der Waals surface area contributed by atoms with Crippen molar-refractivity contribution in [2.45, 2.75) is 20.0 Å². The molecule has 1 aromatic heterocycles. The number of ether oxygens (including phenoxy) is 1. The molecule has 7 heteroatoms. The van der Waals surface area contributed by atoms with E-state index in [1.54, 1.807) is 19.2 Å². The van der Waals surface area contributed by atoms with Crippen molar-refractivity contribution >= 4 is 17.6 Å². The van der Waals surface area contributed by atoms with Crippen molar-refractivity contribution in [1.29, 1.82) is 0 Å². The largest absolute Gasteiger partial charge is 0.496 e. The predicted molar refractivity (Wildman–Crippen MR) is 122 cm³/mol. The van der Waals surface area contributed by atoms with E-state index < -0.39 is 0 Å².